The Hall–Kier alpha value is -3.86. The van der Waals surface area contributed by atoms with E-state index in [9.17, 15) is 31.2 Å². The van der Waals surface area contributed by atoms with E-state index < -0.39 is 46.2 Å². The van der Waals surface area contributed by atoms with Crippen LogP contribution < -0.4 is 9.62 Å². The smallest absolute Gasteiger partial charge is 0.354 e. The fourth-order valence-electron chi connectivity index (χ4n) is 4.19. The van der Waals surface area contributed by atoms with Crippen LogP contribution in [-0.4, -0.2) is 50.8 Å². The Morgan fingerprint density at radius 2 is 1.56 bits per heavy atom. The van der Waals surface area contributed by atoms with Crippen molar-refractivity contribution < 1.29 is 31.2 Å². The fraction of sp³-hybridized carbons (Fsp3) is 0.333. The molecule has 11 heteroatoms. The van der Waals surface area contributed by atoms with Crippen LogP contribution in [0.1, 0.15) is 37.8 Å². The highest BCUT2D eigenvalue weighted by atomic mass is 32.2. The van der Waals surface area contributed by atoms with Gasteiger partial charge in [-0.15, -0.1) is 0 Å². The zero-order chi connectivity index (χ0) is 30.0. The van der Waals surface area contributed by atoms with Gasteiger partial charge >= 0.3 is 6.18 Å². The first kappa shape index (κ1) is 31.7. The molecular weight excluding hydrogens is 555 g/mol. The van der Waals surface area contributed by atoms with E-state index in [1.54, 1.807) is 13.0 Å². The number of alkyl halides is 3. The van der Waals surface area contributed by atoms with Gasteiger partial charge in [0.2, 0.25) is 11.8 Å². The number of amides is 2. The lowest BCUT2D eigenvalue weighted by molar-refractivity contribution is -0.138. The van der Waals surface area contributed by atoms with E-state index >= 15 is 0 Å². The summed E-state index contributed by atoms with van der Waals surface area (Å²) < 4.78 is 68.7. The number of halogens is 3. The number of anilines is 1. The minimum absolute atomic E-state index is 0.0903. The van der Waals surface area contributed by atoms with Gasteiger partial charge in [0.05, 0.1) is 16.1 Å². The second kappa shape index (κ2) is 14.2. The van der Waals surface area contributed by atoms with Crippen LogP contribution >= 0.6 is 0 Å². The molecule has 0 spiro atoms. The standard InChI is InChI=1S/C30H34F3N3O4S/c1-3-4-19-34-29(38)23(2)35(20-18-24-12-7-5-8-13-24)28(37)22-36(41(39,40)27-16-9-6-10-17-27)26-15-11-14-25(21-26)30(31,32)33/h5-17,21,23H,3-4,18-20,22H2,1-2H3,(H,34,38)/t23-/m0/s1. The van der Waals surface area contributed by atoms with E-state index in [-0.39, 0.29) is 17.1 Å². The highest BCUT2D eigenvalue weighted by Crippen LogP contribution is 2.33. The van der Waals surface area contributed by atoms with Crippen LogP contribution in [0.25, 0.3) is 0 Å². The van der Waals surface area contributed by atoms with Crippen molar-refractivity contribution in [2.75, 3.05) is 23.9 Å². The summed E-state index contributed by atoms with van der Waals surface area (Å²) in [6.07, 6.45) is -2.74. The zero-order valence-corrected chi connectivity index (χ0v) is 23.8. The molecule has 0 heterocycles. The second-order valence-corrected chi connectivity index (χ2v) is 11.4. The van der Waals surface area contributed by atoms with Gasteiger partial charge in [0.1, 0.15) is 12.6 Å². The van der Waals surface area contributed by atoms with Crippen molar-refractivity contribution in [3.8, 4) is 0 Å². The van der Waals surface area contributed by atoms with Crippen molar-refractivity contribution in [3.05, 3.63) is 96.1 Å². The Kier molecular flexibility index (Phi) is 10.9. The molecule has 0 fully saturated rings. The molecule has 41 heavy (non-hydrogen) atoms. The number of carbonyl (C=O) groups excluding carboxylic acids is 2. The minimum atomic E-state index is -4.73. The number of unbranched alkanes of at least 4 members (excludes halogenated alkanes) is 1. The van der Waals surface area contributed by atoms with Crippen molar-refractivity contribution in [2.24, 2.45) is 0 Å². The summed E-state index contributed by atoms with van der Waals surface area (Å²) >= 11 is 0. The molecule has 1 atom stereocenters. The summed E-state index contributed by atoms with van der Waals surface area (Å²) in [5, 5.41) is 2.79. The SMILES string of the molecule is CCCCNC(=O)[C@H](C)N(CCc1ccccc1)C(=O)CN(c1cccc(C(F)(F)F)c1)S(=O)(=O)c1ccccc1. The first-order valence-electron chi connectivity index (χ1n) is 13.3. The lowest BCUT2D eigenvalue weighted by atomic mass is 10.1. The summed E-state index contributed by atoms with van der Waals surface area (Å²) in [7, 11) is -4.46. The summed E-state index contributed by atoms with van der Waals surface area (Å²) in [6.45, 7) is 3.22. The number of carbonyl (C=O) groups is 2. The molecule has 0 unspecified atom stereocenters. The number of nitrogens with one attached hydrogen (secondary N) is 1. The maximum absolute atomic E-state index is 13.8. The van der Waals surface area contributed by atoms with Gasteiger partial charge < -0.3 is 10.2 Å². The molecule has 0 radical (unpaired) electrons. The molecule has 0 aliphatic heterocycles. The molecule has 0 saturated heterocycles. The number of hydrogen-bond acceptors (Lipinski definition) is 4. The van der Waals surface area contributed by atoms with Crippen LogP contribution in [0.4, 0.5) is 18.9 Å². The minimum Gasteiger partial charge on any atom is -0.354 e. The van der Waals surface area contributed by atoms with E-state index in [4.69, 9.17) is 0 Å². The molecular formula is C30H34F3N3O4S. The Labute approximate surface area is 239 Å². The van der Waals surface area contributed by atoms with Crippen molar-refractivity contribution in [1.82, 2.24) is 10.2 Å². The van der Waals surface area contributed by atoms with Crippen LogP contribution in [0.2, 0.25) is 0 Å². The first-order valence-corrected chi connectivity index (χ1v) is 14.7. The monoisotopic (exact) mass is 589 g/mol. The van der Waals surface area contributed by atoms with Gasteiger partial charge in [-0.2, -0.15) is 13.2 Å². The molecule has 2 amide bonds. The molecule has 0 saturated carbocycles. The molecule has 3 rings (SSSR count). The number of nitrogens with zero attached hydrogens (tertiary/aromatic N) is 2. The van der Waals surface area contributed by atoms with Crippen molar-refractivity contribution in [2.45, 2.75) is 50.2 Å². The Bertz CT molecular complexity index is 1400. The van der Waals surface area contributed by atoms with Crippen molar-refractivity contribution in [1.29, 1.82) is 0 Å². The summed E-state index contributed by atoms with van der Waals surface area (Å²) in [5.74, 6) is -1.13. The predicted octanol–water partition coefficient (Wildman–Crippen LogP) is 5.28. The molecule has 1 N–H and O–H groups in total. The third kappa shape index (κ3) is 8.56. The third-order valence-electron chi connectivity index (χ3n) is 6.55. The quantitative estimate of drug-likeness (QED) is 0.275. The normalized spacial score (nSPS) is 12.4. The van der Waals surface area contributed by atoms with E-state index in [0.717, 1.165) is 30.5 Å². The number of hydrogen-bond donors (Lipinski definition) is 1. The van der Waals surface area contributed by atoms with E-state index in [0.29, 0.717) is 23.3 Å². The maximum Gasteiger partial charge on any atom is 0.416 e. The predicted molar refractivity (Wildman–Crippen MR) is 152 cm³/mol. The van der Waals surface area contributed by atoms with E-state index in [2.05, 4.69) is 5.32 Å². The Morgan fingerprint density at radius 3 is 2.17 bits per heavy atom. The number of sulfonamides is 1. The Morgan fingerprint density at radius 1 is 0.927 bits per heavy atom. The third-order valence-corrected chi connectivity index (χ3v) is 8.34. The summed E-state index contributed by atoms with van der Waals surface area (Å²) in [6, 6.07) is 19.3. The lowest BCUT2D eigenvalue weighted by Crippen LogP contribution is -2.52. The van der Waals surface area contributed by atoms with Crippen molar-refractivity contribution >= 4 is 27.5 Å². The van der Waals surface area contributed by atoms with E-state index in [1.807, 2.05) is 37.3 Å². The first-order chi connectivity index (χ1) is 19.4. The van der Waals surface area contributed by atoms with Gasteiger partial charge in [-0.25, -0.2) is 8.42 Å². The number of benzene rings is 3. The molecule has 3 aromatic carbocycles. The largest absolute Gasteiger partial charge is 0.416 e. The van der Waals surface area contributed by atoms with Crippen LogP contribution in [0, 0.1) is 0 Å². The van der Waals surface area contributed by atoms with Crippen molar-refractivity contribution in [3.63, 3.8) is 0 Å². The lowest BCUT2D eigenvalue weighted by Gasteiger charge is -2.32. The highest BCUT2D eigenvalue weighted by molar-refractivity contribution is 7.92. The van der Waals surface area contributed by atoms with Crippen LogP contribution in [0.3, 0.4) is 0 Å². The van der Waals surface area contributed by atoms with Gasteiger partial charge in [0.25, 0.3) is 10.0 Å². The van der Waals surface area contributed by atoms with Gasteiger partial charge in [-0.05, 0) is 55.7 Å². The molecule has 0 aliphatic rings. The summed E-state index contributed by atoms with van der Waals surface area (Å²) in [5.41, 5.74) is -0.476. The molecule has 7 nitrogen and oxygen atoms in total. The zero-order valence-electron chi connectivity index (χ0n) is 23.0. The van der Waals surface area contributed by atoms with Gasteiger partial charge in [-0.3, -0.25) is 13.9 Å². The average molecular weight is 590 g/mol. The topological polar surface area (TPSA) is 86.8 Å². The fourth-order valence-corrected chi connectivity index (χ4v) is 5.62. The highest BCUT2D eigenvalue weighted by Gasteiger charge is 2.35. The van der Waals surface area contributed by atoms with Gasteiger partial charge in [0, 0.05) is 13.1 Å². The summed E-state index contributed by atoms with van der Waals surface area (Å²) in [4.78, 5) is 27.8. The van der Waals surface area contributed by atoms with Crippen LogP contribution in [-0.2, 0) is 32.2 Å². The average Bonchev–Trinajstić information content (AvgIpc) is 2.96. The van der Waals surface area contributed by atoms with Crippen LogP contribution in [0.5, 0.6) is 0 Å². The molecule has 0 aliphatic carbocycles. The van der Waals surface area contributed by atoms with Crippen LogP contribution in [0.15, 0.2) is 89.8 Å². The van der Waals surface area contributed by atoms with E-state index in [1.165, 1.54) is 35.2 Å². The number of rotatable bonds is 13. The molecule has 3 aromatic rings. The Balaban J connectivity index is 2.00. The second-order valence-electron chi connectivity index (χ2n) is 9.52. The molecule has 0 bridgehead atoms. The van der Waals surface area contributed by atoms with Gasteiger partial charge in [-0.1, -0.05) is 67.9 Å². The van der Waals surface area contributed by atoms with Gasteiger partial charge in [0.15, 0.2) is 0 Å². The molecule has 220 valence electrons. The molecule has 0 aromatic heterocycles. The maximum atomic E-state index is 13.8.